The second-order valence-electron chi connectivity index (χ2n) is 6.08. The molecular formula is C15H18N4O2. The van der Waals surface area contributed by atoms with Crippen LogP contribution < -0.4 is 5.56 Å². The van der Waals surface area contributed by atoms with Crippen molar-refractivity contribution in [3.63, 3.8) is 0 Å². The number of aromatic nitrogens is 3. The molecule has 1 aromatic heterocycles. The van der Waals surface area contributed by atoms with Gasteiger partial charge in [0.15, 0.2) is 0 Å². The van der Waals surface area contributed by atoms with Crippen LogP contribution in [0.5, 0.6) is 0 Å². The lowest BCUT2D eigenvalue weighted by molar-refractivity contribution is 0.0141. The molecule has 1 aromatic carbocycles. The summed E-state index contributed by atoms with van der Waals surface area (Å²) in [7, 11) is 0. The van der Waals surface area contributed by atoms with Crippen molar-refractivity contribution >= 4 is 10.9 Å². The average Bonchev–Trinajstić information content (AvgIpc) is 2.73. The first-order valence-corrected chi connectivity index (χ1v) is 7.49. The summed E-state index contributed by atoms with van der Waals surface area (Å²) in [4.78, 5) is 14.8. The third kappa shape index (κ3) is 2.15. The van der Waals surface area contributed by atoms with Gasteiger partial charge in [0.1, 0.15) is 5.52 Å². The Hall–Kier alpha value is -1.79. The van der Waals surface area contributed by atoms with Gasteiger partial charge in [0.2, 0.25) is 0 Å². The van der Waals surface area contributed by atoms with Crippen molar-refractivity contribution in [2.75, 3.05) is 0 Å². The lowest BCUT2D eigenvalue weighted by Gasteiger charge is -2.36. The van der Waals surface area contributed by atoms with Crippen molar-refractivity contribution in [3.05, 3.63) is 34.6 Å². The van der Waals surface area contributed by atoms with Crippen molar-refractivity contribution in [2.24, 2.45) is 0 Å². The van der Waals surface area contributed by atoms with E-state index in [1.54, 1.807) is 12.1 Å². The normalized spacial score (nSPS) is 29.1. The number of rotatable bonds is 2. The summed E-state index contributed by atoms with van der Waals surface area (Å²) in [6, 6.07) is 8.01. The van der Waals surface area contributed by atoms with Gasteiger partial charge >= 0.3 is 0 Å². The molecule has 0 aliphatic carbocycles. The van der Waals surface area contributed by atoms with Gasteiger partial charge < -0.3 is 5.11 Å². The van der Waals surface area contributed by atoms with E-state index in [9.17, 15) is 9.90 Å². The first-order valence-electron chi connectivity index (χ1n) is 7.49. The molecule has 3 heterocycles. The van der Waals surface area contributed by atoms with E-state index in [-0.39, 0.29) is 11.7 Å². The van der Waals surface area contributed by atoms with Crippen molar-refractivity contribution in [3.8, 4) is 0 Å². The molecule has 0 radical (unpaired) electrons. The fourth-order valence-corrected chi connectivity index (χ4v) is 3.75. The Labute approximate surface area is 122 Å². The van der Waals surface area contributed by atoms with E-state index < -0.39 is 0 Å². The van der Waals surface area contributed by atoms with E-state index in [4.69, 9.17) is 0 Å². The molecule has 6 nitrogen and oxygen atoms in total. The van der Waals surface area contributed by atoms with Gasteiger partial charge in [-0.2, -0.15) is 4.68 Å². The summed E-state index contributed by atoms with van der Waals surface area (Å²) in [5.74, 6) is 0. The highest BCUT2D eigenvalue weighted by Crippen LogP contribution is 2.35. The fourth-order valence-electron chi connectivity index (χ4n) is 3.75. The monoisotopic (exact) mass is 286 g/mol. The molecule has 6 heteroatoms. The van der Waals surface area contributed by atoms with Crippen molar-refractivity contribution in [2.45, 2.75) is 50.5 Å². The minimum absolute atomic E-state index is 0.0916. The number of nitrogens with zero attached hydrogens (tertiary/aromatic N) is 4. The average molecular weight is 286 g/mol. The molecule has 4 rings (SSSR count). The molecule has 110 valence electrons. The van der Waals surface area contributed by atoms with Crippen LogP contribution in [-0.2, 0) is 6.67 Å². The van der Waals surface area contributed by atoms with Gasteiger partial charge in [-0.15, -0.1) is 5.10 Å². The van der Waals surface area contributed by atoms with E-state index in [0.29, 0.717) is 29.7 Å². The Balaban J connectivity index is 1.66. The van der Waals surface area contributed by atoms with Crippen LogP contribution in [0, 0.1) is 0 Å². The predicted molar refractivity (Wildman–Crippen MR) is 77.7 cm³/mol. The number of piperidine rings is 1. The van der Waals surface area contributed by atoms with Gasteiger partial charge in [-0.3, -0.25) is 9.69 Å². The summed E-state index contributed by atoms with van der Waals surface area (Å²) in [5, 5.41) is 18.7. The molecule has 2 aromatic rings. The molecule has 2 aliphatic heterocycles. The molecule has 2 atom stereocenters. The zero-order chi connectivity index (χ0) is 14.4. The number of hydrogen-bond acceptors (Lipinski definition) is 5. The second-order valence-corrected chi connectivity index (χ2v) is 6.08. The van der Waals surface area contributed by atoms with Gasteiger partial charge in [-0.25, -0.2) is 0 Å². The summed E-state index contributed by atoms with van der Waals surface area (Å²) >= 11 is 0. The van der Waals surface area contributed by atoms with Crippen molar-refractivity contribution < 1.29 is 5.11 Å². The first kappa shape index (κ1) is 12.9. The van der Waals surface area contributed by atoms with Gasteiger partial charge in [-0.05, 0) is 37.8 Å². The first-order chi connectivity index (χ1) is 10.2. The third-order valence-corrected chi connectivity index (χ3v) is 4.79. The Morgan fingerprint density at radius 2 is 1.90 bits per heavy atom. The number of benzene rings is 1. The maximum absolute atomic E-state index is 12.5. The van der Waals surface area contributed by atoms with Crippen LogP contribution >= 0.6 is 0 Å². The Morgan fingerprint density at radius 1 is 1.19 bits per heavy atom. The maximum atomic E-state index is 12.5. The molecule has 1 N–H and O–H groups in total. The van der Waals surface area contributed by atoms with Gasteiger partial charge in [-0.1, -0.05) is 17.3 Å². The van der Waals surface area contributed by atoms with Gasteiger partial charge in [0.05, 0.1) is 18.2 Å². The molecule has 2 fully saturated rings. The molecule has 2 saturated heterocycles. The summed E-state index contributed by atoms with van der Waals surface area (Å²) in [6.45, 7) is 0.471. The van der Waals surface area contributed by atoms with Crippen LogP contribution in [0.15, 0.2) is 29.1 Å². The molecule has 0 saturated carbocycles. The Morgan fingerprint density at radius 3 is 2.67 bits per heavy atom. The predicted octanol–water partition coefficient (Wildman–Crippen LogP) is 0.737. The molecule has 0 amide bonds. The van der Waals surface area contributed by atoms with E-state index in [1.807, 2.05) is 12.1 Å². The number of aliphatic hydroxyl groups is 1. The topological polar surface area (TPSA) is 71.2 Å². The summed E-state index contributed by atoms with van der Waals surface area (Å²) in [5.41, 5.74) is 0.543. The SMILES string of the molecule is O=c1c2ccccc2nnn1CN1C2CCC1CC(O)C2. The van der Waals surface area contributed by atoms with E-state index in [2.05, 4.69) is 15.2 Å². The van der Waals surface area contributed by atoms with E-state index in [1.165, 1.54) is 4.68 Å². The van der Waals surface area contributed by atoms with Crippen LogP contribution in [0.1, 0.15) is 25.7 Å². The highest BCUT2D eigenvalue weighted by molar-refractivity contribution is 5.76. The lowest BCUT2D eigenvalue weighted by Crippen LogP contribution is -2.47. The summed E-state index contributed by atoms with van der Waals surface area (Å²) < 4.78 is 1.45. The fraction of sp³-hybridized carbons (Fsp3) is 0.533. The Kier molecular flexibility index (Phi) is 3.01. The highest BCUT2D eigenvalue weighted by Gasteiger charge is 2.40. The number of fused-ring (bicyclic) bond motifs is 3. The smallest absolute Gasteiger partial charge is 0.278 e. The molecule has 21 heavy (non-hydrogen) atoms. The quantitative estimate of drug-likeness (QED) is 0.881. The van der Waals surface area contributed by atoms with Crippen molar-refractivity contribution in [1.82, 2.24) is 19.9 Å². The van der Waals surface area contributed by atoms with Crippen LogP contribution in [-0.4, -0.2) is 43.2 Å². The number of hydrogen-bond donors (Lipinski definition) is 1. The molecular weight excluding hydrogens is 268 g/mol. The standard InChI is InChI=1S/C15H18N4O2/c20-12-7-10-5-6-11(8-12)18(10)9-19-15(21)13-3-1-2-4-14(13)16-17-19/h1-4,10-12,20H,5-9H2. The number of aliphatic hydroxyl groups excluding tert-OH is 1. The third-order valence-electron chi connectivity index (χ3n) is 4.79. The summed E-state index contributed by atoms with van der Waals surface area (Å²) in [6.07, 6.45) is 3.59. The van der Waals surface area contributed by atoms with Crippen LogP contribution in [0.2, 0.25) is 0 Å². The maximum Gasteiger partial charge on any atom is 0.278 e. The van der Waals surface area contributed by atoms with Crippen LogP contribution in [0.25, 0.3) is 10.9 Å². The molecule has 2 unspecified atom stereocenters. The highest BCUT2D eigenvalue weighted by atomic mass is 16.3. The largest absolute Gasteiger partial charge is 0.393 e. The second kappa shape index (κ2) is 4.89. The van der Waals surface area contributed by atoms with Gasteiger partial charge in [0, 0.05) is 12.1 Å². The minimum Gasteiger partial charge on any atom is -0.393 e. The van der Waals surface area contributed by atoms with Crippen molar-refractivity contribution in [1.29, 1.82) is 0 Å². The Bertz CT molecular complexity index is 715. The van der Waals surface area contributed by atoms with Crippen LogP contribution in [0.3, 0.4) is 0 Å². The molecule has 2 bridgehead atoms. The zero-order valence-corrected chi connectivity index (χ0v) is 11.7. The molecule has 0 spiro atoms. The van der Waals surface area contributed by atoms with Crippen LogP contribution in [0.4, 0.5) is 0 Å². The minimum atomic E-state index is -0.196. The lowest BCUT2D eigenvalue weighted by atomic mass is 10.0. The molecule has 2 aliphatic rings. The van der Waals surface area contributed by atoms with E-state index >= 15 is 0 Å². The van der Waals surface area contributed by atoms with E-state index in [0.717, 1.165) is 25.7 Å². The van der Waals surface area contributed by atoms with Gasteiger partial charge in [0.25, 0.3) is 5.56 Å². The zero-order valence-electron chi connectivity index (χ0n) is 11.7.